The lowest BCUT2D eigenvalue weighted by molar-refractivity contribution is 0.0945. The Kier molecular flexibility index (Phi) is 5.81. The molecule has 132 valence electrons. The van der Waals surface area contributed by atoms with Gasteiger partial charge in [-0.3, -0.25) is 4.79 Å². The van der Waals surface area contributed by atoms with Crippen LogP contribution < -0.4 is 10.6 Å². The van der Waals surface area contributed by atoms with Crippen molar-refractivity contribution in [3.8, 4) is 0 Å². The molecule has 26 heavy (non-hydrogen) atoms. The van der Waals surface area contributed by atoms with E-state index in [1.54, 1.807) is 12.3 Å². The third kappa shape index (κ3) is 4.58. The number of benzene rings is 2. The fraction of sp³-hybridized carbons (Fsp3) is 0.150. The Morgan fingerprint density at radius 3 is 2.38 bits per heavy atom. The van der Waals surface area contributed by atoms with Gasteiger partial charge in [0, 0.05) is 18.1 Å². The van der Waals surface area contributed by atoms with Crippen molar-refractivity contribution in [2.75, 3.05) is 5.32 Å². The molecule has 0 aliphatic rings. The molecule has 2 N–H and O–H groups in total. The number of hydrogen-bond acceptors (Lipinski definition) is 4. The SMILES string of the molecule is Cc1ccccc1CNc1cnc(C(=O)NCc2ccccc2Cl)cn1. The van der Waals surface area contributed by atoms with Crippen LogP contribution in [0.3, 0.4) is 0 Å². The van der Waals surface area contributed by atoms with Gasteiger partial charge in [-0.25, -0.2) is 9.97 Å². The second kappa shape index (κ2) is 8.45. The molecule has 2 aromatic carbocycles. The predicted octanol–water partition coefficient (Wildman–Crippen LogP) is 3.98. The molecular formula is C20H19ClN4O. The Balaban J connectivity index is 1.56. The number of carbonyl (C=O) groups is 1. The number of hydrogen-bond donors (Lipinski definition) is 2. The van der Waals surface area contributed by atoms with Crippen molar-refractivity contribution < 1.29 is 4.79 Å². The van der Waals surface area contributed by atoms with E-state index >= 15 is 0 Å². The van der Waals surface area contributed by atoms with Crippen molar-refractivity contribution in [2.45, 2.75) is 20.0 Å². The monoisotopic (exact) mass is 366 g/mol. The highest BCUT2D eigenvalue weighted by atomic mass is 35.5. The van der Waals surface area contributed by atoms with Crippen LogP contribution in [-0.2, 0) is 13.1 Å². The fourth-order valence-electron chi connectivity index (χ4n) is 2.44. The average Bonchev–Trinajstić information content (AvgIpc) is 2.67. The van der Waals surface area contributed by atoms with Gasteiger partial charge in [-0.15, -0.1) is 0 Å². The highest BCUT2D eigenvalue weighted by Gasteiger charge is 2.09. The summed E-state index contributed by atoms with van der Waals surface area (Å²) < 4.78 is 0. The summed E-state index contributed by atoms with van der Waals surface area (Å²) in [4.78, 5) is 20.6. The van der Waals surface area contributed by atoms with Gasteiger partial charge >= 0.3 is 0 Å². The van der Waals surface area contributed by atoms with Crippen LogP contribution in [0.4, 0.5) is 5.82 Å². The van der Waals surface area contributed by atoms with Gasteiger partial charge in [-0.2, -0.15) is 0 Å². The lowest BCUT2D eigenvalue weighted by Gasteiger charge is -2.09. The summed E-state index contributed by atoms with van der Waals surface area (Å²) in [5, 5.41) is 6.63. The summed E-state index contributed by atoms with van der Waals surface area (Å²) in [5.41, 5.74) is 3.52. The molecule has 3 rings (SSSR count). The Labute approximate surface area is 157 Å². The molecule has 0 aliphatic carbocycles. The van der Waals surface area contributed by atoms with Gasteiger partial charge < -0.3 is 10.6 Å². The quantitative estimate of drug-likeness (QED) is 0.692. The lowest BCUT2D eigenvalue weighted by Crippen LogP contribution is -2.24. The highest BCUT2D eigenvalue weighted by Crippen LogP contribution is 2.14. The second-order valence-corrected chi connectivity index (χ2v) is 6.25. The standard InChI is InChI=1S/C20H19ClN4O/c1-14-6-2-3-7-15(14)10-23-19-13-22-18(12-24-19)20(26)25-11-16-8-4-5-9-17(16)21/h2-9,12-13H,10-11H2,1H3,(H,23,24)(H,25,26). The molecule has 0 bridgehead atoms. The van der Waals surface area contributed by atoms with E-state index in [9.17, 15) is 4.79 Å². The van der Waals surface area contributed by atoms with E-state index in [0.717, 1.165) is 5.56 Å². The highest BCUT2D eigenvalue weighted by molar-refractivity contribution is 6.31. The summed E-state index contributed by atoms with van der Waals surface area (Å²) in [5.74, 6) is 0.332. The van der Waals surface area contributed by atoms with Crippen molar-refractivity contribution in [1.29, 1.82) is 0 Å². The first-order valence-electron chi connectivity index (χ1n) is 8.25. The molecule has 1 aromatic heterocycles. The minimum absolute atomic E-state index is 0.262. The van der Waals surface area contributed by atoms with Gasteiger partial charge in [0.25, 0.3) is 5.91 Å². The number of carbonyl (C=O) groups excluding carboxylic acids is 1. The molecule has 0 spiro atoms. The zero-order valence-corrected chi connectivity index (χ0v) is 15.1. The molecule has 0 fully saturated rings. The van der Waals surface area contributed by atoms with Crippen LogP contribution in [0, 0.1) is 6.92 Å². The van der Waals surface area contributed by atoms with E-state index in [4.69, 9.17) is 11.6 Å². The van der Waals surface area contributed by atoms with Crippen LogP contribution in [0.2, 0.25) is 5.02 Å². The van der Waals surface area contributed by atoms with E-state index in [2.05, 4.69) is 39.7 Å². The van der Waals surface area contributed by atoms with Gasteiger partial charge in [-0.1, -0.05) is 54.1 Å². The van der Waals surface area contributed by atoms with E-state index in [1.165, 1.54) is 17.3 Å². The molecule has 5 nitrogen and oxygen atoms in total. The average molecular weight is 367 g/mol. The number of aryl methyl sites for hydroxylation is 1. The molecule has 1 heterocycles. The van der Waals surface area contributed by atoms with Gasteiger partial charge in [0.2, 0.25) is 0 Å². The first-order valence-corrected chi connectivity index (χ1v) is 8.63. The zero-order valence-electron chi connectivity index (χ0n) is 14.4. The van der Waals surface area contributed by atoms with Crippen molar-refractivity contribution in [2.24, 2.45) is 0 Å². The number of halogens is 1. The van der Waals surface area contributed by atoms with Crippen LogP contribution in [0.1, 0.15) is 27.2 Å². The second-order valence-electron chi connectivity index (χ2n) is 5.84. The van der Waals surface area contributed by atoms with Gasteiger partial charge in [0.1, 0.15) is 11.5 Å². The maximum atomic E-state index is 12.2. The summed E-state index contributed by atoms with van der Waals surface area (Å²) in [7, 11) is 0. The van der Waals surface area contributed by atoms with E-state index in [-0.39, 0.29) is 11.6 Å². The number of amides is 1. The Bertz CT molecular complexity index is 896. The van der Waals surface area contributed by atoms with Crippen LogP contribution in [0.5, 0.6) is 0 Å². The molecule has 0 saturated heterocycles. The minimum atomic E-state index is -0.289. The van der Waals surface area contributed by atoms with E-state index < -0.39 is 0 Å². The number of rotatable bonds is 6. The van der Waals surface area contributed by atoms with Crippen LogP contribution in [-0.4, -0.2) is 15.9 Å². The Hall–Kier alpha value is -2.92. The number of nitrogens with one attached hydrogen (secondary N) is 2. The summed E-state index contributed by atoms with van der Waals surface area (Å²) in [6.45, 7) is 3.06. The first-order chi connectivity index (χ1) is 12.6. The molecule has 0 atom stereocenters. The number of anilines is 1. The molecular weight excluding hydrogens is 348 g/mol. The smallest absolute Gasteiger partial charge is 0.271 e. The molecule has 3 aromatic rings. The first kappa shape index (κ1) is 17.9. The summed E-state index contributed by atoms with van der Waals surface area (Å²) >= 11 is 6.08. The Morgan fingerprint density at radius 2 is 1.69 bits per heavy atom. The predicted molar refractivity (Wildman–Crippen MR) is 103 cm³/mol. The zero-order chi connectivity index (χ0) is 18.4. The van der Waals surface area contributed by atoms with Crippen molar-refractivity contribution in [1.82, 2.24) is 15.3 Å². The lowest BCUT2D eigenvalue weighted by atomic mass is 10.1. The van der Waals surface area contributed by atoms with E-state index in [1.807, 2.05) is 30.3 Å². The van der Waals surface area contributed by atoms with Crippen molar-refractivity contribution in [3.63, 3.8) is 0 Å². The molecule has 1 amide bonds. The summed E-state index contributed by atoms with van der Waals surface area (Å²) in [6.07, 6.45) is 3.02. The third-order valence-corrected chi connectivity index (χ3v) is 4.37. The number of aromatic nitrogens is 2. The van der Waals surface area contributed by atoms with Crippen molar-refractivity contribution >= 4 is 23.3 Å². The van der Waals surface area contributed by atoms with Crippen LogP contribution in [0.25, 0.3) is 0 Å². The topological polar surface area (TPSA) is 66.9 Å². The van der Waals surface area contributed by atoms with Gasteiger partial charge in [-0.05, 0) is 29.7 Å². The minimum Gasteiger partial charge on any atom is -0.365 e. The normalized spacial score (nSPS) is 10.4. The van der Waals surface area contributed by atoms with Gasteiger partial charge in [0.05, 0.1) is 12.4 Å². The summed E-state index contributed by atoms with van der Waals surface area (Å²) in [6, 6.07) is 15.5. The number of nitrogens with zero attached hydrogens (tertiary/aromatic N) is 2. The molecule has 0 saturated carbocycles. The molecule has 6 heteroatoms. The third-order valence-electron chi connectivity index (χ3n) is 4.00. The molecule has 0 radical (unpaired) electrons. The Morgan fingerprint density at radius 1 is 0.962 bits per heavy atom. The fourth-order valence-corrected chi connectivity index (χ4v) is 2.64. The van der Waals surface area contributed by atoms with E-state index in [0.29, 0.717) is 23.9 Å². The van der Waals surface area contributed by atoms with Crippen LogP contribution in [0.15, 0.2) is 60.9 Å². The van der Waals surface area contributed by atoms with Crippen molar-refractivity contribution in [3.05, 3.63) is 88.3 Å². The maximum Gasteiger partial charge on any atom is 0.271 e. The molecule has 0 aliphatic heterocycles. The maximum absolute atomic E-state index is 12.2. The van der Waals surface area contributed by atoms with Crippen LogP contribution >= 0.6 is 11.6 Å². The molecule has 0 unspecified atom stereocenters. The largest absolute Gasteiger partial charge is 0.365 e. The van der Waals surface area contributed by atoms with Gasteiger partial charge in [0.15, 0.2) is 0 Å².